The third kappa shape index (κ3) is 3.86. The van der Waals surface area contributed by atoms with E-state index in [0.717, 1.165) is 43.4 Å². The Morgan fingerprint density at radius 2 is 2.14 bits per heavy atom. The van der Waals surface area contributed by atoms with E-state index in [0.29, 0.717) is 6.61 Å². The van der Waals surface area contributed by atoms with Gasteiger partial charge < -0.3 is 14.5 Å². The monoisotopic (exact) mass is 287 g/mol. The van der Waals surface area contributed by atoms with Gasteiger partial charge in [-0.25, -0.2) is 0 Å². The average Bonchev–Trinajstić information content (AvgIpc) is 3.26. The average molecular weight is 287 g/mol. The van der Waals surface area contributed by atoms with E-state index in [2.05, 4.69) is 24.4 Å². The van der Waals surface area contributed by atoms with E-state index in [-0.39, 0.29) is 0 Å². The highest BCUT2D eigenvalue weighted by molar-refractivity contribution is 5.82. The van der Waals surface area contributed by atoms with Crippen LogP contribution in [0.5, 0.6) is 0 Å². The van der Waals surface area contributed by atoms with Gasteiger partial charge in [0.1, 0.15) is 11.3 Å². The quantitative estimate of drug-likeness (QED) is 0.700. The van der Waals surface area contributed by atoms with Crippen LogP contribution in [0.15, 0.2) is 28.7 Å². The molecule has 0 aliphatic heterocycles. The summed E-state index contributed by atoms with van der Waals surface area (Å²) in [6.45, 7) is 5.50. The highest BCUT2D eigenvalue weighted by Gasteiger charge is 2.20. The lowest BCUT2D eigenvalue weighted by Crippen LogP contribution is -2.14. The van der Waals surface area contributed by atoms with Gasteiger partial charge in [-0.3, -0.25) is 0 Å². The summed E-state index contributed by atoms with van der Waals surface area (Å²) in [4.78, 5) is 0. The molecule has 0 atom stereocenters. The highest BCUT2D eigenvalue weighted by Crippen LogP contribution is 2.32. The normalized spacial score (nSPS) is 14.9. The second kappa shape index (κ2) is 7.10. The van der Waals surface area contributed by atoms with Gasteiger partial charge in [0.25, 0.3) is 0 Å². The second-order valence-corrected chi connectivity index (χ2v) is 5.96. The molecular formula is C18H25NO2. The second-order valence-electron chi connectivity index (χ2n) is 5.96. The Bertz CT molecular complexity index is 572. The van der Waals surface area contributed by atoms with Gasteiger partial charge in [-0.1, -0.05) is 38.0 Å². The van der Waals surface area contributed by atoms with Crippen molar-refractivity contribution in [1.29, 1.82) is 0 Å². The molecule has 3 heteroatoms. The molecule has 1 N–H and O–H groups in total. The molecule has 0 spiro atoms. The van der Waals surface area contributed by atoms with E-state index in [4.69, 9.17) is 9.15 Å². The van der Waals surface area contributed by atoms with Crippen molar-refractivity contribution in [2.24, 2.45) is 5.92 Å². The van der Waals surface area contributed by atoms with Gasteiger partial charge in [0.2, 0.25) is 0 Å². The summed E-state index contributed by atoms with van der Waals surface area (Å²) in [6.07, 6.45) is 5.13. The van der Waals surface area contributed by atoms with E-state index < -0.39 is 0 Å². The van der Waals surface area contributed by atoms with E-state index in [1.54, 1.807) is 0 Å². The Labute approximate surface area is 126 Å². The van der Waals surface area contributed by atoms with Gasteiger partial charge in [0, 0.05) is 17.6 Å². The van der Waals surface area contributed by atoms with Crippen molar-refractivity contribution in [2.45, 2.75) is 45.8 Å². The number of ether oxygens (including phenoxy) is 1. The zero-order valence-corrected chi connectivity index (χ0v) is 12.9. The Balaban J connectivity index is 1.67. The number of furan rings is 1. The minimum atomic E-state index is 0.660. The van der Waals surface area contributed by atoms with Crippen molar-refractivity contribution in [3.63, 3.8) is 0 Å². The smallest absolute Gasteiger partial charge is 0.134 e. The van der Waals surface area contributed by atoms with E-state index >= 15 is 0 Å². The fraction of sp³-hybridized carbons (Fsp3) is 0.556. The van der Waals surface area contributed by atoms with Gasteiger partial charge in [-0.05, 0) is 31.4 Å². The lowest BCUT2D eigenvalue weighted by molar-refractivity contribution is 0.114. The van der Waals surface area contributed by atoms with Gasteiger partial charge in [-0.15, -0.1) is 0 Å². The largest absolute Gasteiger partial charge is 0.459 e. The van der Waals surface area contributed by atoms with Crippen molar-refractivity contribution in [3.05, 3.63) is 35.6 Å². The molecule has 0 bridgehead atoms. The molecule has 1 aromatic heterocycles. The predicted molar refractivity (Wildman–Crippen MR) is 85.2 cm³/mol. The SMILES string of the molecule is CCCNCc1oc2ccccc2c1COCCC1CC1. The number of hydrogen-bond acceptors (Lipinski definition) is 3. The molecule has 1 aromatic carbocycles. The van der Waals surface area contributed by atoms with Crippen molar-refractivity contribution < 1.29 is 9.15 Å². The van der Waals surface area contributed by atoms with Crippen molar-refractivity contribution in [2.75, 3.05) is 13.2 Å². The lowest BCUT2D eigenvalue weighted by Gasteiger charge is -2.06. The van der Waals surface area contributed by atoms with E-state index in [1.807, 2.05) is 12.1 Å². The topological polar surface area (TPSA) is 34.4 Å². The predicted octanol–water partition coefficient (Wildman–Crippen LogP) is 4.25. The number of hydrogen-bond donors (Lipinski definition) is 1. The van der Waals surface area contributed by atoms with E-state index in [1.165, 1.54) is 30.2 Å². The van der Waals surface area contributed by atoms with Crippen LogP contribution in [0.1, 0.15) is 43.9 Å². The van der Waals surface area contributed by atoms with Crippen molar-refractivity contribution in [3.8, 4) is 0 Å². The summed E-state index contributed by atoms with van der Waals surface area (Å²) in [6, 6.07) is 8.25. The van der Waals surface area contributed by atoms with Crippen LogP contribution in [0.2, 0.25) is 0 Å². The fourth-order valence-corrected chi connectivity index (χ4v) is 2.66. The summed E-state index contributed by atoms with van der Waals surface area (Å²) < 4.78 is 11.9. The third-order valence-corrected chi connectivity index (χ3v) is 4.11. The van der Waals surface area contributed by atoms with Crippen LogP contribution in [0.3, 0.4) is 0 Å². The zero-order chi connectivity index (χ0) is 14.5. The maximum atomic E-state index is 5.99. The summed E-state index contributed by atoms with van der Waals surface area (Å²) >= 11 is 0. The van der Waals surface area contributed by atoms with E-state index in [9.17, 15) is 0 Å². The molecule has 1 aliphatic carbocycles. The highest BCUT2D eigenvalue weighted by atomic mass is 16.5. The Morgan fingerprint density at radius 3 is 2.95 bits per heavy atom. The summed E-state index contributed by atoms with van der Waals surface area (Å²) in [5.41, 5.74) is 2.18. The molecule has 3 nitrogen and oxygen atoms in total. The lowest BCUT2D eigenvalue weighted by atomic mass is 10.1. The zero-order valence-electron chi connectivity index (χ0n) is 12.9. The van der Waals surface area contributed by atoms with Crippen molar-refractivity contribution in [1.82, 2.24) is 5.32 Å². The van der Waals surface area contributed by atoms with Gasteiger partial charge >= 0.3 is 0 Å². The molecule has 1 heterocycles. The van der Waals surface area contributed by atoms with Crippen LogP contribution >= 0.6 is 0 Å². The number of benzene rings is 1. The molecule has 0 amide bonds. The minimum Gasteiger partial charge on any atom is -0.459 e. The molecule has 0 saturated heterocycles. The number of fused-ring (bicyclic) bond motifs is 1. The fourth-order valence-electron chi connectivity index (χ4n) is 2.66. The standard InChI is InChI=1S/C18H25NO2/c1-2-10-19-12-18-16(13-20-11-9-14-7-8-14)15-5-3-4-6-17(15)21-18/h3-6,14,19H,2,7-13H2,1H3. The molecular weight excluding hydrogens is 262 g/mol. The van der Waals surface area contributed by atoms with Crippen LogP contribution in [0.25, 0.3) is 11.0 Å². The molecule has 1 saturated carbocycles. The molecule has 3 rings (SSSR count). The summed E-state index contributed by atoms with van der Waals surface area (Å²) in [5, 5.41) is 4.61. The summed E-state index contributed by atoms with van der Waals surface area (Å²) in [7, 11) is 0. The molecule has 2 aromatic rings. The van der Waals surface area contributed by atoms with Gasteiger partial charge in [0.15, 0.2) is 0 Å². The number of para-hydroxylation sites is 1. The molecule has 114 valence electrons. The molecule has 21 heavy (non-hydrogen) atoms. The number of rotatable bonds is 9. The Hall–Kier alpha value is -1.32. The first kappa shape index (κ1) is 14.6. The van der Waals surface area contributed by atoms with Gasteiger partial charge in [0.05, 0.1) is 13.2 Å². The van der Waals surface area contributed by atoms with Crippen LogP contribution < -0.4 is 5.32 Å². The minimum absolute atomic E-state index is 0.660. The maximum absolute atomic E-state index is 5.99. The Morgan fingerprint density at radius 1 is 1.29 bits per heavy atom. The van der Waals surface area contributed by atoms with Crippen LogP contribution in [-0.2, 0) is 17.9 Å². The molecule has 0 unspecified atom stereocenters. The molecule has 1 aliphatic rings. The first-order valence-electron chi connectivity index (χ1n) is 8.16. The van der Waals surface area contributed by atoms with Crippen molar-refractivity contribution >= 4 is 11.0 Å². The summed E-state index contributed by atoms with van der Waals surface area (Å²) in [5.74, 6) is 1.95. The Kier molecular flexibility index (Phi) is 4.94. The van der Waals surface area contributed by atoms with Crippen LogP contribution in [-0.4, -0.2) is 13.2 Å². The number of nitrogens with one attached hydrogen (secondary N) is 1. The van der Waals surface area contributed by atoms with Crippen LogP contribution in [0, 0.1) is 5.92 Å². The maximum Gasteiger partial charge on any atom is 0.134 e. The third-order valence-electron chi connectivity index (χ3n) is 4.11. The van der Waals surface area contributed by atoms with Crippen LogP contribution in [0.4, 0.5) is 0 Å². The first-order chi connectivity index (χ1) is 10.4. The molecule has 1 fully saturated rings. The molecule has 0 radical (unpaired) electrons. The van der Waals surface area contributed by atoms with Gasteiger partial charge in [-0.2, -0.15) is 0 Å². The first-order valence-corrected chi connectivity index (χ1v) is 8.16.